The lowest BCUT2D eigenvalue weighted by Gasteiger charge is -2.26. The van der Waals surface area contributed by atoms with E-state index in [-0.39, 0.29) is 5.91 Å². The number of rotatable bonds is 8. The number of nitrogens with zero attached hydrogens (tertiary/aromatic N) is 2. The number of amides is 1. The van der Waals surface area contributed by atoms with Gasteiger partial charge in [-0.15, -0.1) is 22.7 Å². The minimum Gasteiger partial charge on any atom is -0.317 e. The molecule has 172 valence electrons. The Labute approximate surface area is 199 Å². The largest absolute Gasteiger partial charge is 0.317 e. The molecule has 32 heavy (non-hydrogen) atoms. The van der Waals surface area contributed by atoms with Crippen molar-refractivity contribution in [2.75, 3.05) is 25.0 Å². The number of hydrogen-bond donors (Lipinski definition) is 2. The Morgan fingerprint density at radius 1 is 1.19 bits per heavy atom. The third-order valence-electron chi connectivity index (χ3n) is 5.87. The first-order valence-corrected chi connectivity index (χ1v) is 13.6. The lowest BCUT2D eigenvalue weighted by molar-refractivity contribution is -0.116. The molecule has 5 rings (SSSR count). The summed E-state index contributed by atoms with van der Waals surface area (Å²) in [6, 6.07) is 9.07. The van der Waals surface area contributed by atoms with Crippen molar-refractivity contribution in [2.45, 2.75) is 65.5 Å². The number of benzene rings is 1. The molecule has 3 heterocycles. The monoisotopic (exact) mass is 470 g/mol. The number of para-hydroxylation sites is 1. The SMILES string of the molecule is CC.CCCNCCC(=O)Nc1sc2c(c1-c1nc3ccccc3s1)CCN(C1CC1)C2. The molecule has 0 atom stereocenters. The normalized spacial score (nSPS) is 15.8. The van der Waals surface area contributed by atoms with Crippen LogP contribution in [0.3, 0.4) is 0 Å². The molecule has 7 heteroatoms. The number of thiazole rings is 1. The van der Waals surface area contributed by atoms with Crippen LogP contribution >= 0.6 is 22.7 Å². The van der Waals surface area contributed by atoms with Crippen LogP contribution in [0, 0.1) is 0 Å². The van der Waals surface area contributed by atoms with Crippen molar-refractivity contribution in [3.05, 3.63) is 34.7 Å². The number of hydrogen-bond acceptors (Lipinski definition) is 6. The second-order valence-electron chi connectivity index (χ2n) is 8.19. The van der Waals surface area contributed by atoms with Crippen molar-refractivity contribution in [3.63, 3.8) is 0 Å². The van der Waals surface area contributed by atoms with Gasteiger partial charge in [0.15, 0.2) is 0 Å². The van der Waals surface area contributed by atoms with E-state index in [0.717, 1.165) is 60.6 Å². The van der Waals surface area contributed by atoms with Crippen molar-refractivity contribution in [1.29, 1.82) is 0 Å². The van der Waals surface area contributed by atoms with Crippen molar-refractivity contribution in [1.82, 2.24) is 15.2 Å². The molecule has 2 aliphatic rings. The maximum atomic E-state index is 12.7. The van der Waals surface area contributed by atoms with Crippen LogP contribution in [-0.4, -0.2) is 41.5 Å². The Kier molecular flexibility index (Phi) is 7.94. The first-order chi connectivity index (χ1) is 15.7. The molecule has 1 aliphatic carbocycles. The van der Waals surface area contributed by atoms with Gasteiger partial charge < -0.3 is 10.6 Å². The summed E-state index contributed by atoms with van der Waals surface area (Å²) < 4.78 is 1.20. The van der Waals surface area contributed by atoms with E-state index >= 15 is 0 Å². The Morgan fingerprint density at radius 2 is 2.00 bits per heavy atom. The quantitative estimate of drug-likeness (QED) is 0.403. The standard InChI is InChI=1S/C23H28N4OS2.C2H6/c1-2-11-24-12-9-20(28)26-23-21(22-25-17-5-3-4-6-18(17)29-22)16-10-13-27(15-7-8-15)14-19(16)30-23;1-2/h3-6,15,24H,2,7-14H2,1H3,(H,26,28);1-2H3. The highest BCUT2D eigenvalue weighted by Gasteiger charge is 2.34. The van der Waals surface area contributed by atoms with Crippen LogP contribution in [0.1, 0.15) is 56.9 Å². The number of nitrogens with one attached hydrogen (secondary N) is 2. The van der Waals surface area contributed by atoms with Crippen molar-refractivity contribution in [3.8, 4) is 10.6 Å². The van der Waals surface area contributed by atoms with Crippen LogP contribution in [0.4, 0.5) is 5.00 Å². The predicted octanol–water partition coefficient (Wildman–Crippen LogP) is 5.90. The summed E-state index contributed by atoms with van der Waals surface area (Å²) in [5.74, 6) is 0.0820. The Morgan fingerprint density at radius 3 is 2.75 bits per heavy atom. The molecule has 1 saturated carbocycles. The van der Waals surface area contributed by atoms with Crippen LogP contribution in [0.2, 0.25) is 0 Å². The van der Waals surface area contributed by atoms with Gasteiger partial charge in [0.2, 0.25) is 5.91 Å². The van der Waals surface area contributed by atoms with E-state index in [1.165, 1.54) is 33.5 Å². The Balaban J connectivity index is 0.00000119. The lowest BCUT2D eigenvalue weighted by atomic mass is 10.0. The van der Waals surface area contributed by atoms with Gasteiger partial charge in [-0.3, -0.25) is 9.69 Å². The zero-order chi connectivity index (χ0) is 22.5. The highest BCUT2D eigenvalue weighted by Crippen LogP contribution is 2.46. The summed E-state index contributed by atoms with van der Waals surface area (Å²) in [4.78, 5) is 21.6. The molecule has 0 saturated heterocycles. The topological polar surface area (TPSA) is 57.3 Å². The molecule has 2 N–H and O–H groups in total. The van der Waals surface area contributed by atoms with E-state index in [2.05, 4.69) is 40.7 Å². The van der Waals surface area contributed by atoms with Crippen LogP contribution in [0.25, 0.3) is 20.8 Å². The van der Waals surface area contributed by atoms with E-state index in [1.807, 2.05) is 19.9 Å². The lowest BCUT2D eigenvalue weighted by Crippen LogP contribution is -2.31. The molecule has 5 nitrogen and oxygen atoms in total. The van der Waals surface area contributed by atoms with E-state index in [4.69, 9.17) is 4.98 Å². The fraction of sp³-hybridized carbons (Fsp3) is 0.520. The van der Waals surface area contributed by atoms with Crippen LogP contribution in [0.15, 0.2) is 24.3 Å². The van der Waals surface area contributed by atoms with Crippen LogP contribution in [-0.2, 0) is 17.8 Å². The molecule has 0 unspecified atom stereocenters. The molecule has 0 spiro atoms. The number of fused-ring (bicyclic) bond motifs is 2. The van der Waals surface area contributed by atoms with Gasteiger partial charge in [0.05, 0.1) is 10.2 Å². The van der Waals surface area contributed by atoms with E-state index in [0.29, 0.717) is 6.42 Å². The van der Waals surface area contributed by atoms with Gasteiger partial charge in [0.1, 0.15) is 10.0 Å². The average molecular weight is 471 g/mol. The van der Waals surface area contributed by atoms with Crippen molar-refractivity contribution >= 4 is 43.8 Å². The summed E-state index contributed by atoms with van der Waals surface area (Å²) in [6.07, 6.45) is 5.29. The average Bonchev–Trinajstić information content (AvgIpc) is 3.48. The summed E-state index contributed by atoms with van der Waals surface area (Å²) >= 11 is 3.49. The van der Waals surface area contributed by atoms with Crippen LogP contribution in [0.5, 0.6) is 0 Å². The minimum atomic E-state index is 0.0820. The van der Waals surface area contributed by atoms with Gasteiger partial charge in [-0.2, -0.15) is 0 Å². The number of anilines is 1. The smallest absolute Gasteiger partial charge is 0.226 e. The summed E-state index contributed by atoms with van der Waals surface area (Å²) in [5.41, 5.74) is 3.60. The van der Waals surface area contributed by atoms with Gasteiger partial charge in [-0.05, 0) is 49.9 Å². The highest BCUT2D eigenvalue weighted by atomic mass is 32.1. The van der Waals surface area contributed by atoms with Gasteiger partial charge in [-0.1, -0.05) is 32.9 Å². The zero-order valence-corrected chi connectivity index (χ0v) is 21.0. The number of carbonyl (C=O) groups is 1. The number of aromatic nitrogens is 1. The fourth-order valence-electron chi connectivity index (χ4n) is 4.16. The Hall–Kier alpha value is -1.80. The third kappa shape index (κ3) is 5.22. The second-order valence-corrected chi connectivity index (χ2v) is 10.3. The third-order valence-corrected chi connectivity index (χ3v) is 8.05. The van der Waals surface area contributed by atoms with Crippen LogP contribution < -0.4 is 10.6 Å². The number of thiophene rings is 1. The summed E-state index contributed by atoms with van der Waals surface area (Å²) in [5, 5.41) is 8.57. The van der Waals surface area contributed by atoms with E-state index in [9.17, 15) is 4.79 Å². The summed E-state index contributed by atoms with van der Waals surface area (Å²) in [7, 11) is 0. The molecule has 1 aromatic carbocycles. The molecule has 3 aromatic rings. The van der Waals surface area contributed by atoms with Gasteiger partial charge >= 0.3 is 0 Å². The Bertz CT molecular complexity index is 1020. The first-order valence-electron chi connectivity index (χ1n) is 12.0. The van der Waals surface area contributed by atoms with E-state index in [1.54, 1.807) is 22.7 Å². The van der Waals surface area contributed by atoms with Gasteiger partial charge in [0.25, 0.3) is 0 Å². The van der Waals surface area contributed by atoms with Gasteiger partial charge in [-0.25, -0.2) is 4.98 Å². The first kappa shape index (κ1) is 23.4. The van der Waals surface area contributed by atoms with Gasteiger partial charge in [0, 0.05) is 42.5 Å². The minimum absolute atomic E-state index is 0.0820. The van der Waals surface area contributed by atoms with Crippen molar-refractivity contribution < 1.29 is 4.79 Å². The molecule has 1 aliphatic heterocycles. The molecule has 1 amide bonds. The maximum absolute atomic E-state index is 12.7. The molecular weight excluding hydrogens is 436 g/mol. The molecule has 1 fully saturated rings. The maximum Gasteiger partial charge on any atom is 0.226 e. The predicted molar refractivity (Wildman–Crippen MR) is 138 cm³/mol. The zero-order valence-electron chi connectivity index (χ0n) is 19.4. The molecule has 2 aromatic heterocycles. The molecular formula is C25H34N4OS2. The molecule has 0 radical (unpaired) electrons. The number of carbonyl (C=O) groups excluding carboxylic acids is 1. The fourth-order valence-corrected chi connectivity index (χ4v) is 6.56. The highest BCUT2D eigenvalue weighted by molar-refractivity contribution is 7.22. The van der Waals surface area contributed by atoms with E-state index < -0.39 is 0 Å². The van der Waals surface area contributed by atoms with Crippen molar-refractivity contribution in [2.24, 2.45) is 0 Å². The second kappa shape index (κ2) is 10.9. The summed E-state index contributed by atoms with van der Waals surface area (Å²) in [6.45, 7) is 9.93. The molecule has 0 bridgehead atoms.